The van der Waals surface area contributed by atoms with E-state index in [0.29, 0.717) is 16.8 Å². The summed E-state index contributed by atoms with van der Waals surface area (Å²) < 4.78 is 40.4. The molecule has 0 fully saturated rings. The number of hydrogen-bond donors (Lipinski definition) is 1. The van der Waals surface area contributed by atoms with Crippen molar-refractivity contribution < 1.29 is 27.8 Å². The number of ether oxygens (including phenoxy) is 2. The Hall–Kier alpha value is -4.14. The van der Waals surface area contributed by atoms with Crippen molar-refractivity contribution >= 4 is 23.8 Å². The molecule has 3 rings (SSSR count). The van der Waals surface area contributed by atoms with Crippen LogP contribution in [-0.2, 0) is 20.7 Å². The number of rotatable bonds is 7. The Kier molecular flexibility index (Phi) is 8.47. The molecular formula is C27H27F2N3O4. The monoisotopic (exact) mass is 495 g/mol. The molecule has 0 saturated carbocycles. The second-order valence-corrected chi connectivity index (χ2v) is 8.71. The van der Waals surface area contributed by atoms with Gasteiger partial charge >= 0.3 is 12.1 Å². The lowest BCUT2D eigenvalue weighted by atomic mass is 9.93. The summed E-state index contributed by atoms with van der Waals surface area (Å²) in [5.74, 6) is -1.91. The normalized spacial score (nSPS) is 11.4. The molecule has 0 aliphatic carbocycles. The fourth-order valence-electron chi connectivity index (χ4n) is 3.39. The molecule has 1 N–H and O–H groups in total. The summed E-state index contributed by atoms with van der Waals surface area (Å²) >= 11 is 0. The van der Waals surface area contributed by atoms with Gasteiger partial charge in [0.05, 0.1) is 23.7 Å². The minimum absolute atomic E-state index is 0.0274. The predicted octanol–water partition coefficient (Wildman–Crippen LogP) is 5.94. The van der Waals surface area contributed by atoms with E-state index >= 15 is 4.39 Å². The first-order valence-corrected chi connectivity index (χ1v) is 11.3. The third-order valence-electron chi connectivity index (χ3n) is 4.85. The van der Waals surface area contributed by atoms with E-state index < -0.39 is 29.3 Å². The highest BCUT2D eigenvalue weighted by Gasteiger charge is 2.22. The van der Waals surface area contributed by atoms with Gasteiger partial charge in [0.15, 0.2) is 5.82 Å². The smallest absolute Gasteiger partial charge is 0.412 e. The van der Waals surface area contributed by atoms with Gasteiger partial charge in [-0.25, -0.2) is 18.4 Å². The summed E-state index contributed by atoms with van der Waals surface area (Å²) in [5, 5.41) is 2.41. The van der Waals surface area contributed by atoms with Crippen LogP contribution in [0.25, 0.3) is 17.2 Å². The summed E-state index contributed by atoms with van der Waals surface area (Å²) in [6.45, 7) is 6.98. The molecule has 0 atom stereocenters. The Morgan fingerprint density at radius 1 is 1.03 bits per heavy atom. The number of nitrogens with one attached hydrogen (secondary N) is 1. The highest BCUT2D eigenvalue weighted by molar-refractivity contribution is 5.90. The third-order valence-corrected chi connectivity index (χ3v) is 4.85. The number of pyridine rings is 2. The van der Waals surface area contributed by atoms with E-state index in [2.05, 4.69) is 15.3 Å². The quantitative estimate of drug-likeness (QED) is 0.322. The lowest BCUT2D eigenvalue weighted by Crippen LogP contribution is -2.27. The molecule has 3 aromatic rings. The number of anilines is 1. The Balaban J connectivity index is 2.11. The number of esters is 1. The number of carbonyl (C=O) groups excluding carboxylic acids is 2. The van der Waals surface area contributed by atoms with Crippen LogP contribution in [0, 0.1) is 11.6 Å². The van der Waals surface area contributed by atoms with Gasteiger partial charge in [0.2, 0.25) is 0 Å². The first-order chi connectivity index (χ1) is 17.1. The van der Waals surface area contributed by atoms with E-state index in [-0.39, 0.29) is 30.0 Å². The molecule has 0 aliphatic heterocycles. The fourth-order valence-corrected chi connectivity index (χ4v) is 3.39. The zero-order valence-corrected chi connectivity index (χ0v) is 20.5. The Morgan fingerprint density at radius 2 is 1.75 bits per heavy atom. The standard InChI is InChI=1S/C27H27F2N3O4/c1-5-35-24(33)13-12-21-18(8-6-14-30-21)17-10-11-22(32-26(34)36-27(2,3)4)25(29)19(17)16-23-20(28)9-7-15-31-23/h6-15H,5,16H2,1-4H3,(H,32,34)/b13-12+. The number of amides is 1. The zero-order chi connectivity index (χ0) is 26.3. The molecule has 1 aromatic carbocycles. The number of halogens is 2. The van der Waals surface area contributed by atoms with Crippen LogP contribution in [0.2, 0.25) is 0 Å². The van der Waals surface area contributed by atoms with E-state index in [0.717, 1.165) is 0 Å². The van der Waals surface area contributed by atoms with Crippen LogP contribution < -0.4 is 5.32 Å². The van der Waals surface area contributed by atoms with E-state index in [1.165, 1.54) is 42.7 Å². The van der Waals surface area contributed by atoms with Crippen LogP contribution in [-0.4, -0.2) is 34.2 Å². The molecule has 0 spiro atoms. The Morgan fingerprint density at radius 3 is 2.44 bits per heavy atom. The molecule has 0 radical (unpaired) electrons. The van der Waals surface area contributed by atoms with Crippen molar-refractivity contribution in [1.82, 2.24) is 9.97 Å². The van der Waals surface area contributed by atoms with Gasteiger partial charge in [0, 0.05) is 36.0 Å². The van der Waals surface area contributed by atoms with Crippen molar-refractivity contribution in [2.24, 2.45) is 0 Å². The first kappa shape index (κ1) is 26.5. The number of aromatic nitrogens is 2. The molecule has 36 heavy (non-hydrogen) atoms. The molecule has 2 aromatic heterocycles. The maximum Gasteiger partial charge on any atom is 0.412 e. The largest absolute Gasteiger partial charge is 0.463 e. The van der Waals surface area contributed by atoms with Gasteiger partial charge in [0.1, 0.15) is 11.4 Å². The van der Waals surface area contributed by atoms with Crippen molar-refractivity contribution in [1.29, 1.82) is 0 Å². The van der Waals surface area contributed by atoms with Gasteiger partial charge in [-0.05, 0) is 63.6 Å². The predicted molar refractivity (Wildman–Crippen MR) is 132 cm³/mol. The lowest BCUT2D eigenvalue weighted by molar-refractivity contribution is -0.137. The number of hydrogen-bond acceptors (Lipinski definition) is 6. The molecule has 2 heterocycles. The maximum atomic E-state index is 15.8. The van der Waals surface area contributed by atoms with E-state index in [1.54, 1.807) is 45.9 Å². The van der Waals surface area contributed by atoms with Crippen molar-refractivity contribution in [2.45, 2.75) is 39.7 Å². The Bertz CT molecular complexity index is 1290. The second kappa shape index (κ2) is 11.5. The van der Waals surface area contributed by atoms with E-state index in [1.807, 2.05) is 0 Å². The highest BCUT2D eigenvalue weighted by Crippen LogP contribution is 2.34. The van der Waals surface area contributed by atoms with Gasteiger partial charge in [-0.1, -0.05) is 12.1 Å². The van der Waals surface area contributed by atoms with Crippen molar-refractivity contribution in [3.63, 3.8) is 0 Å². The molecule has 0 saturated heterocycles. The lowest BCUT2D eigenvalue weighted by Gasteiger charge is -2.21. The molecule has 9 heteroatoms. The average Bonchev–Trinajstić information content (AvgIpc) is 2.81. The minimum Gasteiger partial charge on any atom is -0.463 e. The molecular weight excluding hydrogens is 468 g/mol. The SMILES string of the molecule is CCOC(=O)/C=C/c1ncccc1-c1ccc(NC(=O)OC(C)(C)C)c(F)c1Cc1ncccc1F. The molecule has 0 bridgehead atoms. The van der Waals surface area contributed by atoms with Crippen LogP contribution in [0.3, 0.4) is 0 Å². The highest BCUT2D eigenvalue weighted by atomic mass is 19.1. The van der Waals surface area contributed by atoms with Gasteiger partial charge in [-0.2, -0.15) is 0 Å². The van der Waals surface area contributed by atoms with E-state index in [4.69, 9.17) is 9.47 Å². The summed E-state index contributed by atoms with van der Waals surface area (Å²) in [5.41, 5.74) is 0.457. The van der Waals surface area contributed by atoms with Gasteiger partial charge < -0.3 is 9.47 Å². The van der Waals surface area contributed by atoms with Gasteiger partial charge in [0.25, 0.3) is 0 Å². The molecule has 1 amide bonds. The van der Waals surface area contributed by atoms with Crippen molar-refractivity contribution in [2.75, 3.05) is 11.9 Å². The van der Waals surface area contributed by atoms with Gasteiger partial charge in [-0.3, -0.25) is 15.3 Å². The molecule has 0 unspecified atom stereocenters. The van der Waals surface area contributed by atoms with Crippen LogP contribution in [0.4, 0.5) is 19.3 Å². The van der Waals surface area contributed by atoms with E-state index in [9.17, 15) is 14.0 Å². The summed E-state index contributed by atoms with van der Waals surface area (Å²) in [6, 6.07) is 9.01. The van der Waals surface area contributed by atoms with Crippen molar-refractivity contribution in [3.8, 4) is 11.1 Å². The molecule has 0 aliphatic rings. The first-order valence-electron chi connectivity index (χ1n) is 11.3. The average molecular weight is 496 g/mol. The number of benzene rings is 1. The Labute approximate surface area is 208 Å². The maximum absolute atomic E-state index is 15.8. The molecule has 188 valence electrons. The number of carbonyl (C=O) groups is 2. The second-order valence-electron chi connectivity index (χ2n) is 8.71. The van der Waals surface area contributed by atoms with Crippen LogP contribution in [0.5, 0.6) is 0 Å². The molecule has 7 nitrogen and oxygen atoms in total. The number of nitrogens with zero attached hydrogens (tertiary/aromatic N) is 2. The third kappa shape index (κ3) is 6.94. The van der Waals surface area contributed by atoms with Crippen LogP contribution in [0.1, 0.15) is 44.6 Å². The van der Waals surface area contributed by atoms with Crippen LogP contribution >= 0.6 is 0 Å². The summed E-state index contributed by atoms with van der Waals surface area (Å²) in [4.78, 5) is 32.4. The van der Waals surface area contributed by atoms with Gasteiger partial charge in [-0.15, -0.1) is 0 Å². The summed E-state index contributed by atoms with van der Waals surface area (Å²) in [7, 11) is 0. The zero-order valence-electron chi connectivity index (χ0n) is 20.5. The fraction of sp³-hybridized carbons (Fsp3) is 0.259. The van der Waals surface area contributed by atoms with Crippen molar-refractivity contribution in [3.05, 3.63) is 83.5 Å². The van der Waals surface area contributed by atoms with Crippen LogP contribution in [0.15, 0.2) is 54.9 Å². The topological polar surface area (TPSA) is 90.4 Å². The summed E-state index contributed by atoms with van der Waals surface area (Å²) in [6.07, 6.45) is 4.60. The minimum atomic E-state index is -0.830.